The van der Waals surface area contributed by atoms with Gasteiger partial charge in [0.15, 0.2) is 6.29 Å². The normalized spacial score (nSPS) is 19.6. The molecule has 1 amide bonds. The van der Waals surface area contributed by atoms with E-state index >= 15 is 0 Å². The van der Waals surface area contributed by atoms with Crippen molar-refractivity contribution in [3.05, 3.63) is 36.5 Å². The highest BCUT2D eigenvalue weighted by molar-refractivity contribution is 5.76. The van der Waals surface area contributed by atoms with Crippen molar-refractivity contribution in [1.29, 1.82) is 0 Å². The fourth-order valence-electron chi connectivity index (χ4n) is 8.86. The van der Waals surface area contributed by atoms with Crippen molar-refractivity contribution < 1.29 is 49.3 Å². The highest BCUT2D eigenvalue weighted by Gasteiger charge is 2.44. The van der Waals surface area contributed by atoms with Crippen LogP contribution < -0.4 is 5.32 Å². The third-order valence-electron chi connectivity index (χ3n) is 13.5. The van der Waals surface area contributed by atoms with E-state index in [0.717, 1.165) is 89.9 Å². The molecule has 0 bridgehead atoms. The molecule has 0 aromatic heterocycles. The van der Waals surface area contributed by atoms with Gasteiger partial charge in [0.2, 0.25) is 5.91 Å². The molecule has 0 radical (unpaired) electrons. The quantitative estimate of drug-likeness (QED) is 0.0196. The van der Waals surface area contributed by atoms with E-state index in [4.69, 9.17) is 14.2 Å². The van der Waals surface area contributed by atoms with Crippen LogP contribution in [0.1, 0.15) is 258 Å². The zero-order valence-electron chi connectivity index (χ0n) is 44.3. The summed E-state index contributed by atoms with van der Waals surface area (Å²) in [6.45, 7) is 4.28. The van der Waals surface area contributed by atoms with Crippen LogP contribution in [0.3, 0.4) is 0 Å². The van der Waals surface area contributed by atoms with Gasteiger partial charge in [-0.1, -0.05) is 211 Å². The van der Waals surface area contributed by atoms with E-state index in [2.05, 4.69) is 43.5 Å². The number of hydrogen-bond acceptors (Lipinski definition) is 10. The lowest BCUT2D eigenvalue weighted by atomic mass is 9.99. The molecule has 11 nitrogen and oxygen atoms in total. The maximum Gasteiger partial charge on any atom is 0.305 e. The fourth-order valence-corrected chi connectivity index (χ4v) is 8.86. The molecular formula is C58H107NO10. The summed E-state index contributed by atoms with van der Waals surface area (Å²) < 4.78 is 16.7. The number of aliphatic hydroxyl groups is 5. The fraction of sp³-hybridized carbons (Fsp3) is 0.862. The second-order valence-corrected chi connectivity index (χ2v) is 20.0. The summed E-state index contributed by atoms with van der Waals surface area (Å²) in [4.78, 5) is 25.0. The average Bonchev–Trinajstić information content (AvgIpc) is 3.34. The summed E-state index contributed by atoms with van der Waals surface area (Å²) in [5, 5.41) is 54.3. The van der Waals surface area contributed by atoms with Crippen LogP contribution in [0.4, 0.5) is 0 Å². The first-order chi connectivity index (χ1) is 33.7. The van der Waals surface area contributed by atoms with Gasteiger partial charge in [0.05, 0.1) is 32.0 Å². The van der Waals surface area contributed by atoms with E-state index in [1.165, 1.54) is 141 Å². The highest BCUT2D eigenvalue weighted by Crippen LogP contribution is 2.23. The van der Waals surface area contributed by atoms with E-state index in [9.17, 15) is 35.1 Å². The van der Waals surface area contributed by atoms with Gasteiger partial charge in [-0.2, -0.15) is 0 Å². The minimum absolute atomic E-state index is 0.0142. The number of esters is 1. The SMILES string of the molecule is CCCCCCCC/C=C/CC/C=C/C(O)C(COC1OC(CO)C(O)C(O)C1O)NC(=O)CCCCCCC/C=C\CCCCCCCCCCCOC(=O)CCCCCCCCCCCCC. The molecule has 1 rings (SSSR count). The van der Waals surface area contributed by atoms with Crippen LogP contribution in [-0.2, 0) is 23.8 Å². The molecule has 11 heteroatoms. The molecule has 1 saturated heterocycles. The van der Waals surface area contributed by atoms with Gasteiger partial charge in [-0.15, -0.1) is 0 Å². The summed E-state index contributed by atoms with van der Waals surface area (Å²) >= 11 is 0. The maximum atomic E-state index is 13.0. The number of allylic oxidation sites excluding steroid dienone is 5. The Kier molecular flexibility index (Phi) is 45.3. The zero-order valence-corrected chi connectivity index (χ0v) is 44.3. The first-order valence-electron chi connectivity index (χ1n) is 28.8. The summed E-state index contributed by atoms with van der Waals surface area (Å²) in [6.07, 6.45) is 48.0. The van der Waals surface area contributed by atoms with Crippen LogP contribution in [0.25, 0.3) is 0 Å². The Hall–Kier alpha value is -2.12. The lowest BCUT2D eigenvalue weighted by Gasteiger charge is -2.40. The molecule has 69 heavy (non-hydrogen) atoms. The maximum absolute atomic E-state index is 13.0. The van der Waals surface area contributed by atoms with Gasteiger partial charge >= 0.3 is 5.97 Å². The Labute approximate surface area is 422 Å². The van der Waals surface area contributed by atoms with Gasteiger partial charge in [0, 0.05) is 12.8 Å². The number of carbonyl (C=O) groups excluding carboxylic acids is 2. The second kappa shape index (κ2) is 48.2. The molecule has 7 unspecified atom stereocenters. The van der Waals surface area contributed by atoms with Crippen molar-refractivity contribution >= 4 is 11.9 Å². The smallest absolute Gasteiger partial charge is 0.305 e. The second-order valence-electron chi connectivity index (χ2n) is 20.0. The van der Waals surface area contributed by atoms with Crippen molar-refractivity contribution in [3.8, 4) is 0 Å². The van der Waals surface area contributed by atoms with Gasteiger partial charge in [-0.05, 0) is 70.6 Å². The molecule has 0 saturated carbocycles. The number of rotatable bonds is 49. The number of ether oxygens (including phenoxy) is 3. The predicted molar refractivity (Wildman–Crippen MR) is 283 cm³/mol. The molecule has 1 aliphatic rings. The molecule has 1 aliphatic heterocycles. The number of nitrogens with one attached hydrogen (secondary N) is 1. The van der Waals surface area contributed by atoms with Crippen LogP contribution in [0.2, 0.25) is 0 Å². The molecule has 1 heterocycles. The highest BCUT2D eigenvalue weighted by atomic mass is 16.7. The lowest BCUT2D eigenvalue weighted by molar-refractivity contribution is -0.302. The van der Waals surface area contributed by atoms with Gasteiger partial charge in [0.25, 0.3) is 0 Å². The van der Waals surface area contributed by atoms with Crippen LogP contribution >= 0.6 is 0 Å². The minimum atomic E-state index is -1.58. The van der Waals surface area contributed by atoms with Gasteiger partial charge < -0.3 is 45.1 Å². The van der Waals surface area contributed by atoms with Gasteiger partial charge in [-0.3, -0.25) is 9.59 Å². The molecule has 0 spiro atoms. The Morgan fingerprint density at radius 2 is 0.942 bits per heavy atom. The van der Waals surface area contributed by atoms with Gasteiger partial charge in [0.1, 0.15) is 24.4 Å². The molecule has 0 aliphatic carbocycles. The number of hydrogen-bond donors (Lipinski definition) is 6. The summed E-state index contributed by atoms with van der Waals surface area (Å²) in [7, 11) is 0. The Morgan fingerprint density at radius 3 is 1.43 bits per heavy atom. The predicted octanol–water partition coefficient (Wildman–Crippen LogP) is 12.7. The Balaban J connectivity index is 2.13. The number of carbonyl (C=O) groups is 2. The van der Waals surface area contributed by atoms with E-state index in [1.807, 2.05) is 6.08 Å². The monoisotopic (exact) mass is 978 g/mol. The van der Waals surface area contributed by atoms with Gasteiger partial charge in [-0.25, -0.2) is 0 Å². The summed E-state index contributed by atoms with van der Waals surface area (Å²) in [5.74, 6) is -0.221. The van der Waals surface area contributed by atoms with E-state index < -0.39 is 49.5 Å². The average molecular weight is 978 g/mol. The first-order valence-corrected chi connectivity index (χ1v) is 28.8. The van der Waals surface area contributed by atoms with E-state index in [1.54, 1.807) is 6.08 Å². The molecule has 0 aromatic rings. The molecule has 6 N–H and O–H groups in total. The number of amides is 1. The lowest BCUT2D eigenvalue weighted by Crippen LogP contribution is -2.60. The van der Waals surface area contributed by atoms with Crippen LogP contribution in [0, 0.1) is 0 Å². The van der Waals surface area contributed by atoms with Crippen LogP contribution in [0.15, 0.2) is 36.5 Å². The van der Waals surface area contributed by atoms with E-state index in [0.29, 0.717) is 19.4 Å². The number of unbranched alkanes of at least 4 members (excludes halogenated alkanes) is 31. The third-order valence-corrected chi connectivity index (χ3v) is 13.5. The largest absolute Gasteiger partial charge is 0.466 e. The Morgan fingerprint density at radius 1 is 0.522 bits per heavy atom. The first kappa shape index (κ1) is 64.9. The number of aliphatic hydroxyl groups excluding tert-OH is 5. The zero-order chi connectivity index (χ0) is 50.3. The van der Waals surface area contributed by atoms with Crippen molar-refractivity contribution in [1.82, 2.24) is 5.32 Å². The Bertz CT molecular complexity index is 1240. The topological polar surface area (TPSA) is 175 Å². The summed E-state index contributed by atoms with van der Waals surface area (Å²) in [6, 6.07) is -0.837. The van der Waals surface area contributed by atoms with Crippen molar-refractivity contribution in [2.75, 3.05) is 19.8 Å². The standard InChI is InChI=1S/C58H107NO10/c1-3-5-7-9-11-13-15-25-28-32-36-40-44-51(61)50(49-68-58-57(66)56(65)55(64)52(48-60)69-58)59-53(62)45-41-37-33-29-26-22-20-18-16-17-19-21-23-27-31-35-39-43-47-67-54(63)46-42-38-34-30-24-14-12-10-8-6-4-2/h18,20,25,28,40,44,50-52,55-58,60-61,64-66H,3-17,19,21-24,26-27,29-39,41-43,45-49H2,1-2H3,(H,59,62)/b20-18-,28-25+,44-40+. The molecule has 1 fully saturated rings. The third kappa shape index (κ3) is 38.2. The van der Waals surface area contributed by atoms with Crippen molar-refractivity contribution in [2.45, 2.75) is 301 Å². The van der Waals surface area contributed by atoms with Crippen molar-refractivity contribution in [3.63, 3.8) is 0 Å². The van der Waals surface area contributed by atoms with Crippen LogP contribution in [0.5, 0.6) is 0 Å². The van der Waals surface area contributed by atoms with Crippen molar-refractivity contribution in [2.24, 2.45) is 0 Å². The summed E-state index contributed by atoms with van der Waals surface area (Å²) in [5.41, 5.74) is 0. The molecule has 0 aromatic carbocycles. The molecule has 7 atom stereocenters. The van der Waals surface area contributed by atoms with E-state index in [-0.39, 0.29) is 18.5 Å². The molecule has 404 valence electrons. The van der Waals surface area contributed by atoms with Crippen LogP contribution in [-0.4, -0.2) is 100 Å². The molecular weight excluding hydrogens is 871 g/mol. The minimum Gasteiger partial charge on any atom is -0.466 e.